The molecule has 7 heteroatoms. The van der Waals surface area contributed by atoms with Crippen molar-refractivity contribution in [2.75, 3.05) is 31.3 Å². The molecule has 1 aromatic carbocycles. The molecule has 2 rings (SSSR count). The number of carbonyl (C=O) groups excluding carboxylic acids is 1. The zero-order chi connectivity index (χ0) is 16.1. The van der Waals surface area contributed by atoms with Crippen LogP contribution in [0.2, 0.25) is 0 Å². The normalized spacial score (nSPS) is 13.9. The largest absolute Gasteiger partial charge is 0.490 e. The molecule has 1 aliphatic heterocycles. The summed E-state index contributed by atoms with van der Waals surface area (Å²) in [6.07, 6.45) is 2.40. The molecular weight excluding hydrogens is 290 g/mol. The van der Waals surface area contributed by atoms with Crippen molar-refractivity contribution >= 4 is 23.6 Å². The van der Waals surface area contributed by atoms with E-state index in [0.717, 1.165) is 6.08 Å². The van der Waals surface area contributed by atoms with Gasteiger partial charge in [-0.25, -0.2) is 4.79 Å². The predicted octanol–water partition coefficient (Wildman–Crippen LogP) is 0.901. The highest BCUT2D eigenvalue weighted by molar-refractivity contribution is 5.99. The Bertz CT molecular complexity index is 610. The van der Waals surface area contributed by atoms with Crippen molar-refractivity contribution in [2.45, 2.75) is 6.92 Å². The Morgan fingerprint density at radius 2 is 2.27 bits per heavy atom. The van der Waals surface area contributed by atoms with Crippen LogP contribution in [0.4, 0.5) is 5.69 Å². The quantitative estimate of drug-likeness (QED) is 0.758. The van der Waals surface area contributed by atoms with Crippen LogP contribution < -0.4 is 14.4 Å². The van der Waals surface area contributed by atoms with Crippen LogP contribution in [0.25, 0.3) is 6.08 Å². The second kappa shape index (κ2) is 6.95. The van der Waals surface area contributed by atoms with Crippen molar-refractivity contribution in [2.24, 2.45) is 0 Å². The van der Waals surface area contributed by atoms with Crippen LogP contribution in [0.1, 0.15) is 12.5 Å². The van der Waals surface area contributed by atoms with Crippen molar-refractivity contribution in [1.82, 2.24) is 0 Å². The first-order valence-corrected chi connectivity index (χ1v) is 6.82. The summed E-state index contributed by atoms with van der Waals surface area (Å²) >= 11 is 0. The second-order valence-electron chi connectivity index (χ2n) is 4.53. The second-order valence-corrected chi connectivity index (χ2v) is 4.53. The summed E-state index contributed by atoms with van der Waals surface area (Å²) in [5, 5.41) is 17.8. The van der Waals surface area contributed by atoms with Crippen LogP contribution in [-0.4, -0.2) is 48.5 Å². The van der Waals surface area contributed by atoms with Gasteiger partial charge in [0.2, 0.25) is 0 Å². The first kappa shape index (κ1) is 15.8. The maximum absolute atomic E-state index is 11.9. The van der Waals surface area contributed by atoms with Crippen LogP contribution >= 0.6 is 0 Å². The molecule has 0 atom stereocenters. The minimum absolute atomic E-state index is 0.128. The summed E-state index contributed by atoms with van der Waals surface area (Å²) in [6, 6.07) is 3.28. The van der Waals surface area contributed by atoms with Gasteiger partial charge in [-0.3, -0.25) is 4.79 Å². The van der Waals surface area contributed by atoms with E-state index in [4.69, 9.17) is 19.7 Å². The summed E-state index contributed by atoms with van der Waals surface area (Å²) in [6.45, 7) is 2.02. The molecule has 0 radical (unpaired) electrons. The predicted molar refractivity (Wildman–Crippen MR) is 79.2 cm³/mol. The number of aliphatic carboxylic acids is 1. The van der Waals surface area contributed by atoms with E-state index in [9.17, 15) is 9.59 Å². The van der Waals surface area contributed by atoms with E-state index in [1.165, 1.54) is 11.0 Å². The monoisotopic (exact) mass is 307 g/mol. The average Bonchev–Trinajstić information content (AvgIpc) is 2.48. The first-order valence-electron chi connectivity index (χ1n) is 6.82. The lowest BCUT2D eigenvalue weighted by Crippen LogP contribution is -2.40. The molecule has 0 unspecified atom stereocenters. The zero-order valence-electron chi connectivity index (χ0n) is 12.1. The Hall–Kier alpha value is -2.54. The minimum Gasteiger partial charge on any atom is -0.490 e. The van der Waals surface area contributed by atoms with Gasteiger partial charge in [-0.05, 0) is 30.7 Å². The van der Waals surface area contributed by atoms with E-state index in [1.807, 2.05) is 6.92 Å². The molecule has 0 saturated heterocycles. The van der Waals surface area contributed by atoms with Gasteiger partial charge in [-0.1, -0.05) is 0 Å². The molecule has 1 heterocycles. The number of ether oxygens (including phenoxy) is 2. The number of nitrogens with zero attached hydrogens (tertiary/aromatic N) is 1. The number of anilines is 1. The Balaban J connectivity index is 2.51. The summed E-state index contributed by atoms with van der Waals surface area (Å²) < 4.78 is 10.9. The number of carboxylic acid groups (broad SMARTS) is 1. The Labute approximate surface area is 127 Å². The molecule has 1 aromatic rings. The zero-order valence-corrected chi connectivity index (χ0v) is 12.1. The average molecular weight is 307 g/mol. The first-order chi connectivity index (χ1) is 10.6. The molecule has 1 amide bonds. The van der Waals surface area contributed by atoms with Gasteiger partial charge in [0.1, 0.15) is 0 Å². The van der Waals surface area contributed by atoms with Gasteiger partial charge in [-0.15, -0.1) is 0 Å². The number of carboxylic acids is 1. The van der Waals surface area contributed by atoms with E-state index in [0.29, 0.717) is 29.4 Å². The number of fused-ring (bicyclic) bond motifs is 1. The number of carbonyl (C=O) groups is 2. The molecule has 0 spiro atoms. The highest BCUT2D eigenvalue weighted by Gasteiger charge is 2.28. The van der Waals surface area contributed by atoms with Gasteiger partial charge in [0.05, 0.1) is 18.9 Å². The van der Waals surface area contributed by atoms with Gasteiger partial charge in [0, 0.05) is 12.6 Å². The smallest absolute Gasteiger partial charge is 0.328 e. The number of hydrogen-bond donors (Lipinski definition) is 2. The third-order valence-corrected chi connectivity index (χ3v) is 3.03. The third kappa shape index (κ3) is 3.37. The minimum atomic E-state index is -1.07. The number of amides is 1. The van der Waals surface area contributed by atoms with Crippen LogP contribution in [0.15, 0.2) is 18.2 Å². The SMILES string of the molecule is CCOc1cc(/C=C/C(=O)O)cc2c1OCC(=O)N2CCO. The van der Waals surface area contributed by atoms with Crippen LogP contribution in [-0.2, 0) is 9.59 Å². The highest BCUT2D eigenvalue weighted by atomic mass is 16.5. The summed E-state index contributed by atoms with van der Waals surface area (Å²) in [5.74, 6) is -0.499. The van der Waals surface area contributed by atoms with E-state index in [-0.39, 0.29) is 25.7 Å². The topological polar surface area (TPSA) is 96.3 Å². The fourth-order valence-electron chi connectivity index (χ4n) is 2.17. The molecule has 0 saturated carbocycles. The lowest BCUT2D eigenvalue weighted by atomic mass is 10.1. The van der Waals surface area contributed by atoms with Crippen LogP contribution in [0, 0.1) is 0 Å². The molecule has 1 aliphatic rings. The Kier molecular flexibility index (Phi) is 5.00. The number of benzene rings is 1. The molecule has 0 fully saturated rings. The molecule has 7 nitrogen and oxygen atoms in total. The van der Waals surface area contributed by atoms with Crippen LogP contribution in [0.5, 0.6) is 11.5 Å². The number of rotatable bonds is 6. The highest BCUT2D eigenvalue weighted by Crippen LogP contribution is 2.41. The molecule has 2 N–H and O–H groups in total. The number of aliphatic hydroxyl groups is 1. The maximum Gasteiger partial charge on any atom is 0.328 e. The third-order valence-electron chi connectivity index (χ3n) is 3.03. The van der Waals surface area contributed by atoms with Gasteiger partial charge >= 0.3 is 5.97 Å². The van der Waals surface area contributed by atoms with Gasteiger partial charge in [0.25, 0.3) is 5.91 Å². The molecule has 0 aliphatic carbocycles. The Morgan fingerprint density at radius 3 is 2.91 bits per heavy atom. The standard InChI is InChI=1S/C15H17NO6/c1-2-21-12-8-10(3-4-14(19)20)7-11-15(12)22-9-13(18)16(11)5-6-17/h3-4,7-8,17H,2,5-6,9H2,1H3,(H,19,20)/b4-3+. The summed E-state index contributed by atoms with van der Waals surface area (Å²) in [4.78, 5) is 24.0. The van der Waals surface area contributed by atoms with E-state index < -0.39 is 5.97 Å². The molecule has 22 heavy (non-hydrogen) atoms. The van der Waals surface area contributed by atoms with Gasteiger partial charge < -0.3 is 24.6 Å². The Morgan fingerprint density at radius 1 is 1.50 bits per heavy atom. The fourth-order valence-corrected chi connectivity index (χ4v) is 2.17. The lowest BCUT2D eigenvalue weighted by Gasteiger charge is -2.30. The molecule has 0 aromatic heterocycles. The van der Waals surface area contributed by atoms with Crippen molar-refractivity contribution in [3.63, 3.8) is 0 Å². The van der Waals surface area contributed by atoms with Gasteiger partial charge in [0.15, 0.2) is 18.1 Å². The summed E-state index contributed by atoms with van der Waals surface area (Å²) in [7, 11) is 0. The molecule has 118 valence electrons. The maximum atomic E-state index is 11.9. The van der Waals surface area contributed by atoms with E-state index in [2.05, 4.69) is 0 Å². The molecular formula is C15H17NO6. The number of hydrogen-bond acceptors (Lipinski definition) is 5. The van der Waals surface area contributed by atoms with Crippen molar-refractivity contribution < 1.29 is 29.3 Å². The molecule has 0 bridgehead atoms. The van der Waals surface area contributed by atoms with E-state index in [1.54, 1.807) is 12.1 Å². The van der Waals surface area contributed by atoms with E-state index >= 15 is 0 Å². The number of β-amino-alcohol motifs (C(OH)–C–C–N with tert-alkyl or cyclic N) is 1. The fraction of sp³-hybridized carbons (Fsp3) is 0.333. The van der Waals surface area contributed by atoms with Crippen LogP contribution in [0.3, 0.4) is 0 Å². The van der Waals surface area contributed by atoms with Crippen molar-refractivity contribution in [3.05, 3.63) is 23.8 Å². The van der Waals surface area contributed by atoms with Crippen molar-refractivity contribution in [3.8, 4) is 11.5 Å². The van der Waals surface area contributed by atoms with Gasteiger partial charge in [-0.2, -0.15) is 0 Å². The lowest BCUT2D eigenvalue weighted by molar-refractivity contribution is -0.131. The summed E-state index contributed by atoms with van der Waals surface area (Å²) in [5.41, 5.74) is 1.02. The number of aliphatic hydroxyl groups excluding tert-OH is 1. The van der Waals surface area contributed by atoms with Crippen molar-refractivity contribution in [1.29, 1.82) is 0 Å².